The first-order valence-electron chi connectivity index (χ1n) is 5.16. The Kier molecular flexibility index (Phi) is 2.65. The molecule has 0 aliphatic heterocycles. The zero-order chi connectivity index (χ0) is 13.6. The summed E-state index contributed by atoms with van der Waals surface area (Å²) < 4.78 is 1.92. The fourth-order valence-corrected chi connectivity index (χ4v) is 2.86. The number of aromatic nitrogens is 3. The van der Waals surface area contributed by atoms with Crippen molar-refractivity contribution in [3.05, 3.63) is 45.3 Å². The molecule has 0 fully saturated rings. The van der Waals surface area contributed by atoms with Crippen molar-refractivity contribution in [3.8, 4) is 5.13 Å². The van der Waals surface area contributed by atoms with Crippen molar-refractivity contribution in [2.75, 3.05) is 0 Å². The maximum atomic E-state index is 11.8. The van der Waals surface area contributed by atoms with Crippen molar-refractivity contribution in [2.45, 2.75) is 0 Å². The van der Waals surface area contributed by atoms with Gasteiger partial charge in [-0.1, -0.05) is 22.9 Å². The first-order chi connectivity index (χ1) is 9.06. The van der Waals surface area contributed by atoms with Gasteiger partial charge in [0.05, 0.1) is 10.2 Å². The molecule has 0 bridgehead atoms. The van der Waals surface area contributed by atoms with Crippen LogP contribution in [0.2, 0.25) is 5.02 Å². The molecule has 19 heavy (non-hydrogen) atoms. The number of nitrogens with one attached hydrogen (secondary N) is 1. The van der Waals surface area contributed by atoms with E-state index in [1.807, 2.05) is 0 Å². The molecule has 2 N–H and O–H groups in total. The minimum atomic E-state index is -1.27. The number of hydrogen-bond donors (Lipinski definition) is 2. The number of hydrogen-bond acceptors (Lipinski definition) is 4. The highest BCUT2D eigenvalue weighted by atomic mass is 35.5. The Labute approximate surface area is 114 Å². The Morgan fingerprint density at radius 3 is 2.95 bits per heavy atom. The summed E-state index contributed by atoms with van der Waals surface area (Å²) in [4.78, 5) is 26.9. The number of carboxylic acids is 1. The molecule has 8 heteroatoms. The van der Waals surface area contributed by atoms with Gasteiger partial charge in [0.15, 0.2) is 0 Å². The van der Waals surface area contributed by atoms with E-state index in [0.717, 1.165) is 15.6 Å². The van der Waals surface area contributed by atoms with E-state index < -0.39 is 11.5 Å². The van der Waals surface area contributed by atoms with Crippen LogP contribution in [0, 0.1) is 0 Å². The van der Waals surface area contributed by atoms with E-state index in [2.05, 4.69) is 10.1 Å². The van der Waals surface area contributed by atoms with E-state index in [1.54, 1.807) is 18.2 Å². The average molecular weight is 296 g/mol. The van der Waals surface area contributed by atoms with Gasteiger partial charge in [0.2, 0.25) is 5.13 Å². The van der Waals surface area contributed by atoms with Gasteiger partial charge in [-0.2, -0.15) is 4.68 Å². The molecule has 2 aromatic heterocycles. The number of fused-ring (bicyclic) bond motifs is 1. The minimum absolute atomic E-state index is 0.322. The molecule has 0 radical (unpaired) electrons. The van der Waals surface area contributed by atoms with E-state index in [-0.39, 0.29) is 5.56 Å². The lowest BCUT2D eigenvalue weighted by Crippen LogP contribution is -2.19. The van der Waals surface area contributed by atoms with Gasteiger partial charge in [0, 0.05) is 11.2 Å². The van der Waals surface area contributed by atoms with Crippen LogP contribution in [0.15, 0.2) is 29.2 Å². The van der Waals surface area contributed by atoms with Crippen LogP contribution in [-0.2, 0) is 0 Å². The zero-order valence-corrected chi connectivity index (χ0v) is 10.8. The third kappa shape index (κ3) is 1.92. The molecule has 96 valence electrons. The largest absolute Gasteiger partial charge is 0.477 e. The van der Waals surface area contributed by atoms with Crippen molar-refractivity contribution < 1.29 is 9.90 Å². The summed E-state index contributed by atoms with van der Waals surface area (Å²) in [5.41, 5.74) is -0.266. The Morgan fingerprint density at radius 1 is 1.47 bits per heavy atom. The van der Waals surface area contributed by atoms with Gasteiger partial charge in [0.1, 0.15) is 5.56 Å². The van der Waals surface area contributed by atoms with Crippen molar-refractivity contribution in [1.82, 2.24) is 14.8 Å². The number of nitrogens with zero attached hydrogens (tertiary/aromatic N) is 2. The van der Waals surface area contributed by atoms with Gasteiger partial charge in [-0.25, -0.2) is 9.78 Å². The fraction of sp³-hybridized carbons (Fsp3) is 0. The number of benzene rings is 1. The van der Waals surface area contributed by atoms with Crippen LogP contribution < -0.4 is 5.56 Å². The van der Waals surface area contributed by atoms with Gasteiger partial charge < -0.3 is 5.11 Å². The van der Waals surface area contributed by atoms with Crippen LogP contribution in [0.1, 0.15) is 10.4 Å². The van der Waals surface area contributed by atoms with Crippen LogP contribution in [0.25, 0.3) is 15.3 Å². The molecule has 0 unspecified atom stereocenters. The minimum Gasteiger partial charge on any atom is -0.477 e. The van der Waals surface area contributed by atoms with Crippen molar-refractivity contribution in [1.29, 1.82) is 0 Å². The van der Waals surface area contributed by atoms with Crippen LogP contribution in [-0.4, -0.2) is 25.8 Å². The number of thiazole rings is 1. The summed E-state index contributed by atoms with van der Waals surface area (Å²) in [6.07, 6.45) is 1.14. The predicted octanol–water partition coefficient (Wildman–Crippen LogP) is 2.13. The second-order valence-electron chi connectivity index (χ2n) is 3.74. The number of H-pyrrole nitrogens is 1. The van der Waals surface area contributed by atoms with Crippen molar-refractivity contribution in [2.24, 2.45) is 0 Å². The molecule has 0 saturated heterocycles. The molecule has 0 amide bonds. The summed E-state index contributed by atoms with van der Waals surface area (Å²) in [5.74, 6) is -1.27. The number of halogens is 1. The lowest BCUT2D eigenvalue weighted by molar-refractivity contribution is 0.0695. The number of aromatic carboxylic acids is 1. The Balaban J connectivity index is 2.19. The summed E-state index contributed by atoms with van der Waals surface area (Å²) in [6.45, 7) is 0. The number of aromatic amines is 1. The van der Waals surface area contributed by atoms with E-state index in [0.29, 0.717) is 15.7 Å². The van der Waals surface area contributed by atoms with Gasteiger partial charge >= 0.3 is 5.97 Å². The number of carbonyl (C=O) groups is 1. The molecule has 0 spiro atoms. The third-order valence-corrected chi connectivity index (χ3v) is 3.77. The highest BCUT2D eigenvalue weighted by Gasteiger charge is 2.16. The van der Waals surface area contributed by atoms with E-state index in [9.17, 15) is 9.59 Å². The van der Waals surface area contributed by atoms with Gasteiger partial charge in [0.25, 0.3) is 5.56 Å². The van der Waals surface area contributed by atoms with Crippen LogP contribution in [0.3, 0.4) is 0 Å². The molecular formula is C11H6ClN3O3S. The Morgan fingerprint density at radius 2 is 2.26 bits per heavy atom. The number of carboxylic acid groups (broad SMARTS) is 1. The maximum absolute atomic E-state index is 11.8. The molecule has 0 aliphatic rings. The summed E-state index contributed by atoms with van der Waals surface area (Å²) in [6, 6.07) is 5.18. The Hall–Kier alpha value is -2.12. The SMILES string of the molecule is O=C(O)c1c[nH]n(-c2nc3ccc(Cl)cc3s2)c1=O. The average Bonchev–Trinajstić information content (AvgIpc) is 2.91. The lowest BCUT2D eigenvalue weighted by atomic mass is 10.3. The van der Waals surface area contributed by atoms with Gasteiger partial charge in [-0.3, -0.25) is 9.89 Å². The Bertz CT molecular complexity index is 848. The van der Waals surface area contributed by atoms with Crippen LogP contribution >= 0.6 is 22.9 Å². The molecule has 2 heterocycles. The normalized spacial score (nSPS) is 11.0. The third-order valence-electron chi connectivity index (χ3n) is 2.53. The number of rotatable bonds is 2. The summed E-state index contributed by atoms with van der Waals surface area (Å²) in [7, 11) is 0. The smallest absolute Gasteiger partial charge is 0.342 e. The molecule has 1 aromatic carbocycles. The second kappa shape index (κ2) is 4.22. The summed E-state index contributed by atoms with van der Waals surface area (Å²) >= 11 is 7.12. The van der Waals surface area contributed by atoms with E-state index in [4.69, 9.17) is 16.7 Å². The summed E-state index contributed by atoms with van der Waals surface area (Å²) in [5, 5.41) is 12.4. The van der Waals surface area contributed by atoms with Gasteiger partial charge in [-0.05, 0) is 18.2 Å². The van der Waals surface area contributed by atoms with E-state index >= 15 is 0 Å². The molecule has 3 aromatic rings. The highest BCUT2D eigenvalue weighted by molar-refractivity contribution is 7.20. The quantitative estimate of drug-likeness (QED) is 0.758. The second-order valence-corrected chi connectivity index (χ2v) is 5.19. The van der Waals surface area contributed by atoms with Gasteiger partial charge in [-0.15, -0.1) is 0 Å². The first-order valence-corrected chi connectivity index (χ1v) is 6.36. The molecular weight excluding hydrogens is 290 g/mol. The zero-order valence-electron chi connectivity index (χ0n) is 9.25. The molecule has 0 atom stereocenters. The monoisotopic (exact) mass is 295 g/mol. The van der Waals surface area contributed by atoms with E-state index in [1.165, 1.54) is 11.3 Å². The topological polar surface area (TPSA) is 88.0 Å². The molecule has 0 aliphatic carbocycles. The molecule has 0 saturated carbocycles. The van der Waals surface area contributed by atoms with Crippen molar-refractivity contribution in [3.63, 3.8) is 0 Å². The molecule has 6 nitrogen and oxygen atoms in total. The highest BCUT2D eigenvalue weighted by Crippen LogP contribution is 2.26. The molecule has 3 rings (SSSR count). The van der Waals surface area contributed by atoms with Crippen molar-refractivity contribution >= 4 is 39.1 Å². The standard InChI is InChI=1S/C11H6ClN3O3S/c12-5-1-2-7-8(3-5)19-11(14-7)15-9(16)6(4-13-15)10(17)18/h1-4,13H,(H,17,18). The first kappa shape index (κ1) is 11.9. The fourth-order valence-electron chi connectivity index (χ4n) is 1.65. The predicted molar refractivity (Wildman–Crippen MR) is 71.5 cm³/mol. The maximum Gasteiger partial charge on any atom is 0.342 e. The van der Waals surface area contributed by atoms with Crippen LogP contribution in [0.4, 0.5) is 0 Å². The van der Waals surface area contributed by atoms with Crippen LogP contribution in [0.5, 0.6) is 0 Å². The lowest BCUT2D eigenvalue weighted by Gasteiger charge is -1.91.